The molecule has 1 aliphatic heterocycles. The van der Waals surface area contributed by atoms with E-state index >= 15 is 0 Å². The van der Waals surface area contributed by atoms with Gasteiger partial charge in [0.25, 0.3) is 0 Å². The van der Waals surface area contributed by atoms with Crippen LogP contribution in [0.4, 0.5) is 0 Å². The van der Waals surface area contributed by atoms with E-state index in [2.05, 4.69) is 6.92 Å². The van der Waals surface area contributed by atoms with Crippen molar-refractivity contribution in [3.63, 3.8) is 0 Å². The molecule has 1 heterocycles. The lowest BCUT2D eigenvalue weighted by molar-refractivity contribution is 0.0616. The largest absolute Gasteiger partial charge is 0.490 e. The van der Waals surface area contributed by atoms with Crippen LogP contribution >= 0.6 is 12.4 Å². The van der Waals surface area contributed by atoms with Crippen LogP contribution in [-0.2, 0) is 6.42 Å². The second kappa shape index (κ2) is 11.1. The molecule has 0 aromatic heterocycles. The molecule has 0 radical (unpaired) electrons. The summed E-state index contributed by atoms with van der Waals surface area (Å²) in [5.41, 5.74) is 6.56. The summed E-state index contributed by atoms with van der Waals surface area (Å²) < 4.78 is 6.10. The number of aryl methyl sites for hydroxylation is 1. The maximum Gasteiger partial charge on any atom is 0.122 e. The van der Waals surface area contributed by atoms with Gasteiger partial charge in [0.05, 0.1) is 31.0 Å². The highest BCUT2D eigenvalue weighted by Crippen LogP contribution is 2.33. The van der Waals surface area contributed by atoms with Crippen molar-refractivity contribution in [2.24, 2.45) is 5.73 Å². The molecule has 0 aliphatic carbocycles. The Morgan fingerprint density at radius 2 is 1.96 bits per heavy atom. The number of nitrogens with two attached hydrogens (primary N) is 1. The molecule has 2 atom stereocenters. The quantitative estimate of drug-likeness (QED) is 0.463. The minimum absolute atomic E-state index is 0. The number of aliphatic hydroxyl groups excluding tert-OH is 3. The third-order valence-corrected chi connectivity index (χ3v) is 5.11. The molecule has 1 aromatic carbocycles. The molecule has 2 rings (SSSR count). The number of unbranched alkanes of at least 4 members (excludes halogenated alkanes) is 3. The Kier molecular flexibility index (Phi) is 9.90. The first-order valence-electron chi connectivity index (χ1n) is 9.49. The van der Waals surface area contributed by atoms with Crippen molar-refractivity contribution in [1.82, 2.24) is 0 Å². The summed E-state index contributed by atoms with van der Waals surface area (Å²) >= 11 is 0. The van der Waals surface area contributed by atoms with Crippen LogP contribution in [0.2, 0.25) is 0 Å². The molecule has 0 amide bonds. The molecule has 5 N–H and O–H groups in total. The molecule has 0 bridgehead atoms. The first-order chi connectivity index (χ1) is 12.0. The van der Waals surface area contributed by atoms with Crippen LogP contribution < -0.4 is 10.5 Å². The van der Waals surface area contributed by atoms with Crippen LogP contribution in [0.25, 0.3) is 0 Å². The van der Waals surface area contributed by atoms with Gasteiger partial charge in [-0.3, -0.25) is 0 Å². The first kappa shape index (κ1) is 23.2. The van der Waals surface area contributed by atoms with E-state index < -0.39 is 11.6 Å². The van der Waals surface area contributed by atoms with Gasteiger partial charge in [-0.25, -0.2) is 0 Å². The second-order valence-corrected chi connectivity index (χ2v) is 7.39. The summed E-state index contributed by atoms with van der Waals surface area (Å²) in [7, 11) is 0. The van der Waals surface area contributed by atoms with Gasteiger partial charge in [-0.05, 0) is 55.4 Å². The second-order valence-electron chi connectivity index (χ2n) is 7.39. The molecule has 1 aliphatic rings. The van der Waals surface area contributed by atoms with Gasteiger partial charge in [-0.2, -0.15) is 0 Å². The molecule has 5 nitrogen and oxygen atoms in total. The van der Waals surface area contributed by atoms with E-state index in [0.29, 0.717) is 6.10 Å². The number of hydrogen-bond donors (Lipinski definition) is 4. The van der Waals surface area contributed by atoms with E-state index in [-0.39, 0.29) is 32.0 Å². The number of ether oxygens (including phenoxy) is 1. The van der Waals surface area contributed by atoms with E-state index in [1.54, 1.807) is 0 Å². The molecule has 6 heteroatoms. The summed E-state index contributed by atoms with van der Waals surface area (Å²) in [6.45, 7) is 1.48. The summed E-state index contributed by atoms with van der Waals surface area (Å²) in [6, 6.07) is 5.72. The molecule has 150 valence electrons. The summed E-state index contributed by atoms with van der Waals surface area (Å²) in [4.78, 5) is 0. The Bertz CT molecular complexity index is 537. The molecule has 26 heavy (non-hydrogen) atoms. The van der Waals surface area contributed by atoms with E-state index in [1.807, 2.05) is 18.2 Å². The van der Waals surface area contributed by atoms with Crippen LogP contribution in [0.15, 0.2) is 18.2 Å². The molecule has 0 spiro atoms. The van der Waals surface area contributed by atoms with Gasteiger partial charge in [0.15, 0.2) is 0 Å². The predicted octanol–water partition coefficient (Wildman–Crippen LogP) is 2.88. The minimum Gasteiger partial charge on any atom is -0.490 e. The maximum atomic E-state index is 10.4. The Balaban J connectivity index is 0.00000338. The third-order valence-electron chi connectivity index (χ3n) is 5.11. The molecular weight excluding hydrogens is 354 g/mol. The first-order valence-corrected chi connectivity index (χ1v) is 9.49. The van der Waals surface area contributed by atoms with Gasteiger partial charge in [-0.15, -0.1) is 12.4 Å². The lowest BCUT2D eigenvalue weighted by Crippen LogP contribution is -2.48. The standard InChI is InChI=1S/C20H33NO4.ClH/c1-2-3-4-5-6-17-9-7-16-11-15(8-10-19(16)25-17)18(24)12-20(21,13-22)14-23;/h8,10-11,17-18,22-24H,2-7,9,12-14,21H2,1H3;1H. The molecule has 0 fully saturated rings. The Labute approximate surface area is 163 Å². The van der Waals surface area contributed by atoms with Gasteiger partial charge < -0.3 is 25.8 Å². The SMILES string of the molecule is CCCCCCC1CCc2cc(C(O)CC(N)(CO)CO)ccc2O1.Cl. The number of fused-ring (bicyclic) bond motifs is 1. The van der Waals surface area contributed by atoms with Gasteiger partial charge in [-0.1, -0.05) is 32.3 Å². The highest BCUT2D eigenvalue weighted by Gasteiger charge is 2.28. The Morgan fingerprint density at radius 3 is 2.62 bits per heavy atom. The van der Waals surface area contributed by atoms with Crippen LogP contribution in [-0.4, -0.2) is 40.2 Å². The van der Waals surface area contributed by atoms with Gasteiger partial charge in [0.2, 0.25) is 0 Å². The van der Waals surface area contributed by atoms with Crippen molar-refractivity contribution in [3.05, 3.63) is 29.3 Å². The van der Waals surface area contributed by atoms with E-state index in [4.69, 9.17) is 10.5 Å². The van der Waals surface area contributed by atoms with Crippen molar-refractivity contribution < 1.29 is 20.1 Å². The van der Waals surface area contributed by atoms with Gasteiger partial charge in [0, 0.05) is 0 Å². The average Bonchev–Trinajstić information content (AvgIpc) is 2.64. The number of aliphatic hydroxyl groups is 3. The number of hydrogen-bond acceptors (Lipinski definition) is 5. The summed E-state index contributed by atoms with van der Waals surface area (Å²) in [5, 5.41) is 29.0. The van der Waals surface area contributed by atoms with E-state index in [1.165, 1.54) is 25.7 Å². The highest BCUT2D eigenvalue weighted by atomic mass is 35.5. The number of halogens is 1. The van der Waals surface area contributed by atoms with E-state index in [0.717, 1.165) is 36.1 Å². The molecule has 2 unspecified atom stereocenters. The summed E-state index contributed by atoms with van der Waals surface area (Å²) in [6.07, 6.45) is 7.66. The highest BCUT2D eigenvalue weighted by molar-refractivity contribution is 5.85. The van der Waals surface area contributed by atoms with Crippen LogP contribution in [0.5, 0.6) is 5.75 Å². The van der Waals surface area contributed by atoms with E-state index in [9.17, 15) is 15.3 Å². The Morgan fingerprint density at radius 1 is 1.23 bits per heavy atom. The smallest absolute Gasteiger partial charge is 0.122 e. The zero-order chi connectivity index (χ0) is 18.3. The minimum atomic E-state index is -1.17. The zero-order valence-electron chi connectivity index (χ0n) is 15.7. The monoisotopic (exact) mass is 387 g/mol. The van der Waals surface area contributed by atoms with Crippen LogP contribution in [0.1, 0.15) is 69.1 Å². The molecule has 0 saturated heterocycles. The third kappa shape index (κ3) is 6.39. The predicted molar refractivity (Wildman–Crippen MR) is 106 cm³/mol. The number of rotatable bonds is 10. The van der Waals surface area contributed by atoms with Crippen molar-refractivity contribution in [2.45, 2.75) is 76.0 Å². The van der Waals surface area contributed by atoms with Crippen LogP contribution in [0.3, 0.4) is 0 Å². The fourth-order valence-corrected chi connectivity index (χ4v) is 3.36. The molecular formula is C20H34ClNO4. The Hall–Kier alpha value is -0.850. The van der Waals surface area contributed by atoms with Crippen molar-refractivity contribution >= 4 is 12.4 Å². The summed E-state index contributed by atoms with van der Waals surface area (Å²) in [5.74, 6) is 0.908. The lowest BCUT2D eigenvalue weighted by Gasteiger charge is -2.29. The average molecular weight is 388 g/mol. The fourth-order valence-electron chi connectivity index (χ4n) is 3.36. The van der Waals surface area contributed by atoms with Crippen molar-refractivity contribution in [1.29, 1.82) is 0 Å². The topological polar surface area (TPSA) is 95.9 Å². The fraction of sp³-hybridized carbons (Fsp3) is 0.700. The lowest BCUT2D eigenvalue weighted by atomic mass is 9.90. The van der Waals surface area contributed by atoms with Crippen molar-refractivity contribution in [2.75, 3.05) is 13.2 Å². The maximum absolute atomic E-state index is 10.4. The number of benzene rings is 1. The normalized spacial score (nSPS) is 17.8. The zero-order valence-corrected chi connectivity index (χ0v) is 16.5. The van der Waals surface area contributed by atoms with Gasteiger partial charge in [0.1, 0.15) is 5.75 Å². The molecule has 0 saturated carbocycles. The van der Waals surface area contributed by atoms with Crippen molar-refractivity contribution in [3.8, 4) is 5.75 Å². The molecule has 1 aromatic rings. The van der Waals surface area contributed by atoms with Crippen LogP contribution in [0, 0.1) is 0 Å². The van der Waals surface area contributed by atoms with Gasteiger partial charge >= 0.3 is 0 Å².